The Hall–Kier alpha value is -1.31. The van der Waals surface area contributed by atoms with Gasteiger partial charge in [0.2, 0.25) is 0 Å². The van der Waals surface area contributed by atoms with Crippen LogP contribution in [-0.2, 0) is 13.5 Å². The molecule has 2 heteroatoms. The van der Waals surface area contributed by atoms with Crippen LogP contribution in [0.25, 0.3) is 5.65 Å². The molecule has 0 fully saturated rings. The van der Waals surface area contributed by atoms with Crippen molar-refractivity contribution in [2.24, 2.45) is 7.05 Å². The van der Waals surface area contributed by atoms with Crippen molar-refractivity contribution < 1.29 is 4.57 Å². The number of hydrogen-bond acceptors (Lipinski definition) is 0. The van der Waals surface area contributed by atoms with Crippen molar-refractivity contribution in [3.05, 3.63) is 35.8 Å². The minimum Gasteiger partial charge on any atom is -0.230 e. The molecule has 0 radical (unpaired) electrons. The fourth-order valence-corrected chi connectivity index (χ4v) is 1.98. The predicted octanol–water partition coefficient (Wildman–Crippen LogP) is 2.45. The van der Waals surface area contributed by atoms with Gasteiger partial charge >= 0.3 is 0 Å². The summed E-state index contributed by atoms with van der Waals surface area (Å²) in [6, 6.07) is 4.42. The monoisotopic (exact) mass is 203 g/mol. The summed E-state index contributed by atoms with van der Waals surface area (Å²) in [6.07, 6.45) is 5.54. The maximum atomic E-state index is 2.25. The molecule has 0 saturated heterocycles. The van der Waals surface area contributed by atoms with Crippen LogP contribution in [0.4, 0.5) is 0 Å². The van der Waals surface area contributed by atoms with Crippen LogP contribution < -0.4 is 4.57 Å². The lowest BCUT2D eigenvalue weighted by molar-refractivity contribution is -0.652. The predicted molar refractivity (Wildman–Crippen MR) is 62.0 cm³/mol. The van der Waals surface area contributed by atoms with E-state index < -0.39 is 0 Å². The van der Waals surface area contributed by atoms with Crippen LogP contribution in [0, 0.1) is 0 Å². The molecule has 15 heavy (non-hydrogen) atoms. The second-order valence-electron chi connectivity index (χ2n) is 4.42. The first-order chi connectivity index (χ1) is 7.13. The molecule has 0 saturated carbocycles. The Morgan fingerprint density at radius 2 is 2.00 bits per heavy atom. The lowest BCUT2D eigenvalue weighted by Crippen LogP contribution is -2.31. The molecule has 2 nitrogen and oxygen atoms in total. The van der Waals surface area contributed by atoms with E-state index in [4.69, 9.17) is 0 Å². The standard InChI is InChI=1S/C13H19N2/c1-5-12-9-15-8-11(10(2)3)6-7-13(15)14(12)4/h6-10H,5H2,1-4H3/q+1. The van der Waals surface area contributed by atoms with Gasteiger partial charge in [-0.3, -0.25) is 0 Å². The zero-order valence-electron chi connectivity index (χ0n) is 9.99. The van der Waals surface area contributed by atoms with Crippen molar-refractivity contribution in [2.45, 2.75) is 33.1 Å². The van der Waals surface area contributed by atoms with Gasteiger partial charge in [-0.25, -0.2) is 8.97 Å². The highest BCUT2D eigenvalue weighted by Gasteiger charge is 2.13. The third-order valence-electron chi connectivity index (χ3n) is 3.07. The summed E-state index contributed by atoms with van der Waals surface area (Å²) in [5, 5.41) is 0. The number of fused-ring (bicyclic) bond motifs is 1. The van der Waals surface area contributed by atoms with E-state index in [-0.39, 0.29) is 0 Å². The molecule has 0 spiro atoms. The first kappa shape index (κ1) is 10.2. The summed E-state index contributed by atoms with van der Waals surface area (Å²) in [7, 11) is 2.13. The van der Waals surface area contributed by atoms with E-state index in [1.807, 2.05) is 0 Å². The SMILES string of the molecule is CCc1cn2cc(C(C)C)ccc2[n+]1C. The molecule has 0 bridgehead atoms. The van der Waals surface area contributed by atoms with Crippen LogP contribution in [0.1, 0.15) is 37.9 Å². The Morgan fingerprint density at radius 3 is 2.60 bits per heavy atom. The molecular formula is C13H19N2+. The van der Waals surface area contributed by atoms with Crippen LogP contribution in [0.15, 0.2) is 24.5 Å². The van der Waals surface area contributed by atoms with E-state index in [2.05, 4.69) is 61.3 Å². The zero-order chi connectivity index (χ0) is 11.0. The molecule has 0 aliphatic carbocycles. The molecule has 0 aromatic carbocycles. The Bertz CT molecular complexity index is 480. The van der Waals surface area contributed by atoms with E-state index in [1.165, 1.54) is 16.9 Å². The molecule has 0 amide bonds. The van der Waals surface area contributed by atoms with Gasteiger partial charge in [-0.05, 0) is 17.5 Å². The highest BCUT2D eigenvalue weighted by Crippen LogP contribution is 2.14. The number of aromatic nitrogens is 2. The average Bonchev–Trinajstić information content (AvgIpc) is 2.55. The van der Waals surface area contributed by atoms with Crippen LogP contribution in [-0.4, -0.2) is 4.40 Å². The van der Waals surface area contributed by atoms with Crippen molar-refractivity contribution in [3.8, 4) is 0 Å². The van der Waals surface area contributed by atoms with Crippen molar-refractivity contribution in [1.29, 1.82) is 0 Å². The lowest BCUT2D eigenvalue weighted by Gasteiger charge is -2.01. The fraction of sp³-hybridized carbons (Fsp3) is 0.462. The minimum absolute atomic E-state index is 0.590. The summed E-state index contributed by atoms with van der Waals surface area (Å²) >= 11 is 0. The molecule has 80 valence electrons. The third-order valence-corrected chi connectivity index (χ3v) is 3.07. The van der Waals surface area contributed by atoms with Crippen LogP contribution in [0.5, 0.6) is 0 Å². The highest BCUT2D eigenvalue weighted by atomic mass is 15.1. The largest absolute Gasteiger partial charge is 0.286 e. The fourth-order valence-electron chi connectivity index (χ4n) is 1.98. The van der Waals surface area contributed by atoms with Crippen LogP contribution in [0.3, 0.4) is 0 Å². The molecule has 0 aliphatic rings. The van der Waals surface area contributed by atoms with Gasteiger partial charge < -0.3 is 0 Å². The average molecular weight is 203 g/mol. The first-order valence-electron chi connectivity index (χ1n) is 5.63. The molecule has 0 N–H and O–H groups in total. The molecule has 2 rings (SSSR count). The highest BCUT2D eigenvalue weighted by molar-refractivity contribution is 5.36. The van der Waals surface area contributed by atoms with E-state index >= 15 is 0 Å². The maximum absolute atomic E-state index is 2.25. The molecule has 0 atom stereocenters. The number of rotatable bonds is 2. The topological polar surface area (TPSA) is 8.29 Å². The van der Waals surface area contributed by atoms with E-state index in [0.29, 0.717) is 5.92 Å². The number of nitrogens with zero attached hydrogens (tertiary/aromatic N) is 2. The van der Waals surface area contributed by atoms with Crippen LogP contribution >= 0.6 is 0 Å². The second kappa shape index (κ2) is 3.69. The summed E-state index contributed by atoms with van der Waals surface area (Å²) in [5.74, 6) is 0.590. The molecule has 2 heterocycles. The van der Waals surface area contributed by atoms with Gasteiger partial charge in [-0.15, -0.1) is 0 Å². The normalized spacial score (nSPS) is 11.5. The molecule has 2 aromatic heterocycles. The van der Waals surface area contributed by atoms with Gasteiger partial charge in [0.1, 0.15) is 11.9 Å². The molecule has 2 aromatic rings. The number of hydrogen-bond donors (Lipinski definition) is 0. The lowest BCUT2D eigenvalue weighted by atomic mass is 10.1. The maximum Gasteiger partial charge on any atom is 0.286 e. The van der Waals surface area contributed by atoms with E-state index in [0.717, 1.165) is 6.42 Å². The van der Waals surface area contributed by atoms with Crippen molar-refractivity contribution in [3.63, 3.8) is 0 Å². The zero-order valence-corrected chi connectivity index (χ0v) is 9.99. The summed E-state index contributed by atoms with van der Waals surface area (Å²) in [4.78, 5) is 0. The van der Waals surface area contributed by atoms with Crippen molar-refractivity contribution >= 4 is 5.65 Å². The van der Waals surface area contributed by atoms with Gasteiger partial charge in [0.25, 0.3) is 5.65 Å². The van der Waals surface area contributed by atoms with Gasteiger partial charge in [0.15, 0.2) is 0 Å². The summed E-state index contributed by atoms with van der Waals surface area (Å²) < 4.78 is 4.48. The summed E-state index contributed by atoms with van der Waals surface area (Å²) in [5.41, 5.74) is 4.02. The minimum atomic E-state index is 0.590. The van der Waals surface area contributed by atoms with Crippen molar-refractivity contribution in [1.82, 2.24) is 4.40 Å². The van der Waals surface area contributed by atoms with E-state index in [1.54, 1.807) is 0 Å². The number of pyridine rings is 1. The number of imidazole rings is 1. The Balaban J connectivity index is 2.63. The second-order valence-corrected chi connectivity index (χ2v) is 4.42. The molecular weight excluding hydrogens is 184 g/mol. The van der Waals surface area contributed by atoms with Gasteiger partial charge in [0, 0.05) is 12.5 Å². The Morgan fingerprint density at radius 1 is 1.27 bits per heavy atom. The summed E-state index contributed by atoms with van der Waals surface area (Å²) in [6.45, 7) is 6.65. The Kier molecular flexibility index (Phi) is 2.51. The molecule has 0 aliphatic heterocycles. The van der Waals surface area contributed by atoms with Crippen molar-refractivity contribution in [2.75, 3.05) is 0 Å². The quantitative estimate of drug-likeness (QED) is 0.663. The van der Waals surface area contributed by atoms with Gasteiger partial charge in [-0.2, -0.15) is 0 Å². The van der Waals surface area contributed by atoms with E-state index in [9.17, 15) is 0 Å². The number of aryl methyl sites for hydroxylation is 2. The smallest absolute Gasteiger partial charge is 0.230 e. The van der Waals surface area contributed by atoms with Gasteiger partial charge in [0.05, 0.1) is 13.2 Å². The van der Waals surface area contributed by atoms with Crippen LogP contribution in [0.2, 0.25) is 0 Å². The van der Waals surface area contributed by atoms with Gasteiger partial charge in [-0.1, -0.05) is 20.8 Å². The first-order valence-corrected chi connectivity index (χ1v) is 5.63. The Labute approximate surface area is 91.2 Å². The third kappa shape index (κ3) is 1.65. The molecule has 0 unspecified atom stereocenters.